The number of carbonyl (C=O) groups is 2. The molecule has 0 spiro atoms. The van der Waals surface area contributed by atoms with E-state index in [-0.39, 0.29) is 17.6 Å². The van der Waals surface area contributed by atoms with E-state index in [1.54, 1.807) is 20.2 Å². The van der Waals surface area contributed by atoms with Gasteiger partial charge in [-0.2, -0.15) is 5.10 Å². The van der Waals surface area contributed by atoms with Gasteiger partial charge in [0.1, 0.15) is 0 Å². The summed E-state index contributed by atoms with van der Waals surface area (Å²) in [6, 6.07) is 7.83. The maximum atomic E-state index is 12.9. The second-order valence-corrected chi connectivity index (χ2v) is 9.67. The second kappa shape index (κ2) is 11.4. The van der Waals surface area contributed by atoms with E-state index in [0.29, 0.717) is 38.2 Å². The number of nitrogens with two attached hydrogens (primary N) is 2. The second-order valence-electron chi connectivity index (χ2n) is 9.67. The van der Waals surface area contributed by atoms with Crippen LogP contribution in [0.25, 0.3) is 16.5 Å². The summed E-state index contributed by atoms with van der Waals surface area (Å²) < 4.78 is 7.87. The smallest absolute Gasteiger partial charge is 0.289 e. The Morgan fingerprint density at radius 2 is 2.03 bits per heavy atom. The van der Waals surface area contributed by atoms with Crippen LogP contribution in [0.3, 0.4) is 0 Å². The maximum Gasteiger partial charge on any atom is 0.289 e. The van der Waals surface area contributed by atoms with Crippen LogP contribution in [0.4, 0.5) is 5.69 Å². The van der Waals surface area contributed by atoms with Crippen molar-refractivity contribution in [1.29, 1.82) is 0 Å². The molecule has 0 saturated heterocycles. The number of furan rings is 1. The van der Waals surface area contributed by atoms with E-state index in [4.69, 9.17) is 16.0 Å². The molecule has 1 aliphatic rings. The SMILES string of the molecule is Cc1cc(CNc2cc(C3=CCCN(C(=O)CCN(N)/C=C\N)C3)cc3cc(C(=O)N(C)C)oc23)n(C)n1. The number of aryl methyl sites for hydroxylation is 2. The normalized spacial score (nSPS) is 13.7. The van der Waals surface area contributed by atoms with E-state index in [1.807, 2.05) is 41.8 Å². The number of amides is 2. The van der Waals surface area contributed by atoms with Crippen molar-refractivity contribution in [3.8, 4) is 0 Å². The van der Waals surface area contributed by atoms with Gasteiger partial charge < -0.3 is 30.3 Å². The highest BCUT2D eigenvalue weighted by Crippen LogP contribution is 2.33. The van der Waals surface area contributed by atoms with Gasteiger partial charge in [-0.3, -0.25) is 14.3 Å². The summed E-state index contributed by atoms with van der Waals surface area (Å²) in [6.07, 6.45) is 6.09. The average Bonchev–Trinajstić information content (AvgIpc) is 3.47. The van der Waals surface area contributed by atoms with Crippen molar-refractivity contribution < 1.29 is 14.0 Å². The monoisotopic (exact) mass is 520 g/mol. The topological polar surface area (TPSA) is 139 Å². The summed E-state index contributed by atoms with van der Waals surface area (Å²) in [5.41, 5.74) is 10.7. The highest BCUT2D eigenvalue weighted by Gasteiger charge is 2.22. The lowest BCUT2D eigenvalue weighted by molar-refractivity contribution is -0.130. The predicted octanol–water partition coefficient (Wildman–Crippen LogP) is 2.40. The Morgan fingerprint density at radius 3 is 2.71 bits per heavy atom. The molecule has 0 unspecified atom stereocenters. The van der Waals surface area contributed by atoms with Gasteiger partial charge in [0.2, 0.25) is 5.91 Å². The molecule has 0 saturated carbocycles. The zero-order valence-electron chi connectivity index (χ0n) is 22.4. The summed E-state index contributed by atoms with van der Waals surface area (Å²) in [7, 11) is 5.30. The number of aromatic nitrogens is 2. The molecule has 2 aromatic heterocycles. The molecule has 38 heavy (non-hydrogen) atoms. The first-order valence-electron chi connectivity index (χ1n) is 12.6. The molecule has 3 aromatic rings. The van der Waals surface area contributed by atoms with Crippen LogP contribution in [-0.4, -0.2) is 70.1 Å². The van der Waals surface area contributed by atoms with Crippen LogP contribution in [0.2, 0.25) is 0 Å². The molecule has 0 radical (unpaired) electrons. The van der Waals surface area contributed by atoms with E-state index in [1.165, 1.54) is 22.3 Å². The number of fused-ring (bicyclic) bond motifs is 1. The van der Waals surface area contributed by atoms with Gasteiger partial charge in [0.05, 0.1) is 23.6 Å². The average molecular weight is 521 g/mol. The van der Waals surface area contributed by atoms with Crippen LogP contribution >= 0.6 is 0 Å². The van der Waals surface area contributed by atoms with Gasteiger partial charge >= 0.3 is 0 Å². The van der Waals surface area contributed by atoms with Crippen molar-refractivity contribution in [2.45, 2.75) is 26.3 Å². The molecular formula is C27H36N8O3. The number of hydrogen-bond donors (Lipinski definition) is 3. The molecule has 0 aliphatic carbocycles. The Kier molecular flexibility index (Phi) is 8.06. The van der Waals surface area contributed by atoms with Gasteiger partial charge in [0, 0.05) is 65.0 Å². The molecule has 5 N–H and O–H groups in total. The fourth-order valence-electron chi connectivity index (χ4n) is 4.54. The fourth-order valence-corrected chi connectivity index (χ4v) is 4.54. The molecule has 1 aliphatic heterocycles. The third-order valence-electron chi connectivity index (χ3n) is 6.53. The third-order valence-corrected chi connectivity index (χ3v) is 6.53. The summed E-state index contributed by atoms with van der Waals surface area (Å²) >= 11 is 0. The first-order valence-corrected chi connectivity index (χ1v) is 12.6. The summed E-state index contributed by atoms with van der Waals surface area (Å²) in [5.74, 6) is 5.91. The molecule has 3 heterocycles. The number of hydrazine groups is 1. The van der Waals surface area contributed by atoms with E-state index in [0.717, 1.165) is 40.0 Å². The zero-order chi connectivity index (χ0) is 27.4. The molecule has 11 heteroatoms. The molecule has 0 bridgehead atoms. The molecule has 0 fully saturated rings. The lowest BCUT2D eigenvalue weighted by atomic mass is 9.98. The van der Waals surface area contributed by atoms with E-state index in [2.05, 4.69) is 16.5 Å². The number of nitrogens with one attached hydrogen (secondary N) is 1. The molecule has 11 nitrogen and oxygen atoms in total. The minimum atomic E-state index is -0.206. The van der Waals surface area contributed by atoms with Gasteiger partial charge in [-0.25, -0.2) is 5.84 Å². The number of hydrogen-bond acceptors (Lipinski definition) is 8. The van der Waals surface area contributed by atoms with Crippen molar-refractivity contribution in [1.82, 2.24) is 24.6 Å². The number of benzene rings is 1. The molecule has 202 valence electrons. The first-order chi connectivity index (χ1) is 18.2. The lowest BCUT2D eigenvalue weighted by Crippen LogP contribution is -2.38. The largest absolute Gasteiger partial charge is 0.449 e. The summed E-state index contributed by atoms with van der Waals surface area (Å²) in [5, 5.41) is 10.1. The molecule has 4 rings (SSSR count). The van der Waals surface area contributed by atoms with E-state index in [9.17, 15) is 9.59 Å². The van der Waals surface area contributed by atoms with Gasteiger partial charge in [-0.05, 0) is 48.7 Å². The van der Waals surface area contributed by atoms with Gasteiger partial charge in [-0.15, -0.1) is 0 Å². The summed E-state index contributed by atoms with van der Waals surface area (Å²) in [4.78, 5) is 28.8. The number of nitrogens with zero attached hydrogens (tertiary/aromatic N) is 5. The predicted molar refractivity (Wildman–Crippen MR) is 148 cm³/mol. The molecular weight excluding hydrogens is 484 g/mol. The van der Waals surface area contributed by atoms with Crippen molar-refractivity contribution in [2.24, 2.45) is 18.6 Å². The van der Waals surface area contributed by atoms with Crippen molar-refractivity contribution in [3.63, 3.8) is 0 Å². The third kappa shape index (κ3) is 6.00. The zero-order valence-corrected chi connectivity index (χ0v) is 22.4. The Hall–Kier alpha value is -4.25. The quantitative estimate of drug-likeness (QED) is 0.289. The summed E-state index contributed by atoms with van der Waals surface area (Å²) in [6.45, 7) is 4.01. The van der Waals surface area contributed by atoms with E-state index < -0.39 is 0 Å². The van der Waals surface area contributed by atoms with Gasteiger partial charge in [0.25, 0.3) is 5.91 Å². The lowest BCUT2D eigenvalue weighted by Gasteiger charge is -2.28. The maximum absolute atomic E-state index is 12.9. The van der Waals surface area contributed by atoms with Crippen molar-refractivity contribution in [2.75, 3.05) is 39.0 Å². The minimum absolute atomic E-state index is 0.0321. The standard InChI is InChI=1S/C27H36N8O3/c1-18-12-22(33(4)31-18)16-30-23-14-20(13-21-15-24(38-26(21)23)27(37)32(2)3)19-6-5-9-34(17-19)25(36)7-10-35(29)11-8-28/h6,8,11-15,30H,5,7,9-10,16-17,28-29H2,1-4H3/b11-8-. The van der Waals surface area contributed by atoms with Crippen LogP contribution in [0.1, 0.15) is 40.3 Å². The van der Waals surface area contributed by atoms with Crippen LogP contribution < -0.4 is 16.9 Å². The minimum Gasteiger partial charge on any atom is -0.449 e. The number of anilines is 1. The molecule has 0 atom stereocenters. The van der Waals surface area contributed by atoms with Crippen LogP contribution in [-0.2, 0) is 18.4 Å². The van der Waals surface area contributed by atoms with Crippen LogP contribution in [0, 0.1) is 6.92 Å². The number of carbonyl (C=O) groups excluding carboxylic acids is 2. The first kappa shape index (κ1) is 26.8. The Balaban J connectivity index is 1.61. The van der Waals surface area contributed by atoms with Crippen LogP contribution in [0.15, 0.2) is 47.2 Å². The van der Waals surface area contributed by atoms with Gasteiger partial charge in [0.15, 0.2) is 11.3 Å². The highest BCUT2D eigenvalue weighted by molar-refractivity contribution is 6.00. The molecule has 2 amide bonds. The fraction of sp³-hybridized carbons (Fsp3) is 0.370. The van der Waals surface area contributed by atoms with Crippen molar-refractivity contribution >= 4 is 34.0 Å². The van der Waals surface area contributed by atoms with Gasteiger partial charge in [-0.1, -0.05) is 6.08 Å². The Labute approximate surface area is 222 Å². The molecule has 1 aromatic carbocycles. The Bertz CT molecular complexity index is 1380. The van der Waals surface area contributed by atoms with Crippen molar-refractivity contribution in [3.05, 3.63) is 65.5 Å². The Morgan fingerprint density at radius 1 is 1.24 bits per heavy atom. The van der Waals surface area contributed by atoms with E-state index >= 15 is 0 Å². The number of rotatable bonds is 9. The highest BCUT2D eigenvalue weighted by atomic mass is 16.3. The van der Waals surface area contributed by atoms with Crippen LogP contribution in [0.5, 0.6) is 0 Å².